The van der Waals surface area contributed by atoms with E-state index in [-0.39, 0.29) is 11.8 Å². The standard InChI is InChI=1S/C7H8ClNO2/c8-4-7(10)9-5-6-2-1-3-11-6/h1-3H,4-5H2,(H,9,10). The van der Waals surface area contributed by atoms with Gasteiger partial charge in [-0.3, -0.25) is 4.79 Å². The zero-order valence-electron chi connectivity index (χ0n) is 5.84. The number of amides is 1. The summed E-state index contributed by atoms with van der Waals surface area (Å²) in [5.74, 6) is 0.521. The fourth-order valence-electron chi connectivity index (χ4n) is 0.646. The van der Waals surface area contributed by atoms with Gasteiger partial charge in [-0.1, -0.05) is 0 Å². The van der Waals surface area contributed by atoms with Gasteiger partial charge in [0.25, 0.3) is 0 Å². The normalized spacial score (nSPS) is 9.55. The third kappa shape index (κ3) is 2.63. The van der Waals surface area contributed by atoms with Crippen molar-refractivity contribution in [2.24, 2.45) is 0 Å². The molecule has 1 rings (SSSR count). The monoisotopic (exact) mass is 173 g/mol. The number of alkyl halides is 1. The van der Waals surface area contributed by atoms with Crippen molar-refractivity contribution in [3.63, 3.8) is 0 Å². The van der Waals surface area contributed by atoms with E-state index in [1.807, 2.05) is 0 Å². The number of hydrogen-bond donors (Lipinski definition) is 1. The first-order valence-electron chi connectivity index (χ1n) is 3.18. The van der Waals surface area contributed by atoms with Gasteiger partial charge < -0.3 is 9.73 Å². The van der Waals surface area contributed by atoms with Crippen LogP contribution in [0.3, 0.4) is 0 Å². The Kier molecular flexibility index (Phi) is 2.98. The smallest absolute Gasteiger partial charge is 0.235 e. The summed E-state index contributed by atoms with van der Waals surface area (Å²) >= 11 is 5.25. The molecule has 1 aromatic rings. The van der Waals surface area contributed by atoms with Crippen LogP contribution in [-0.2, 0) is 11.3 Å². The SMILES string of the molecule is O=C(CCl)NCc1ccco1. The van der Waals surface area contributed by atoms with Crippen LogP contribution in [0.4, 0.5) is 0 Å². The van der Waals surface area contributed by atoms with Crippen LogP contribution < -0.4 is 5.32 Å². The topological polar surface area (TPSA) is 42.2 Å². The quantitative estimate of drug-likeness (QED) is 0.697. The molecule has 0 aliphatic rings. The third-order valence-corrected chi connectivity index (χ3v) is 1.40. The average Bonchev–Trinajstić information content (AvgIpc) is 2.52. The van der Waals surface area contributed by atoms with Crippen LogP contribution in [0.25, 0.3) is 0 Å². The van der Waals surface area contributed by atoms with Crippen LogP contribution in [0.15, 0.2) is 22.8 Å². The van der Waals surface area contributed by atoms with Crippen LogP contribution >= 0.6 is 11.6 Å². The number of hydrogen-bond acceptors (Lipinski definition) is 2. The van der Waals surface area contributed by atoms with Gasteiger partial charge in [0.1, 0.15) is 11.6 Å². The van der Waals surface area contributed by atoms with E-state index in [0.717, 1.165) is 5.76 Å². The van der Waals surface area contributed by atoms with Crippen LogP contribution in [-0.4, -0.2) is 11.8 Å². The first-order chi connectivity index (χ1) is 5.33. The maximum Gasteiger partial charge on any atom is 0.235 e. The van der Waals surface area contributed by atoms with Gasteiger partial charge in [0.2, 0.25) is 5.91 Å². The van der Waals surface area contributed by atoms with Gasteiger partial charge in [0.15, 0.2) is 0 Å². The van der Waals surface area contributed by atoms with E-state index in [9.17, 15) is 4.79 Å². The highest BCUT2D eigenvalue weighted by atomic mass is 35.5. The molecular formula is C7H8ClNO2. The number of nitrogens with one attached hydrogen (secondary N) is 1. The Morgan fingerprint density at radius 2 is 2.55 bits per heavy atom. The van der Waals surface area contributed by atoms with Crippen LogP contribution in [0.2, 0.25) is 0 Å². The van der Waals surface area contributed by atoms with Crippen molar-refractivity contribution in [3.8, 4) is 0 Å². The van der Waals surface area contributed by atoms with Crippen molar-refractivity contribution in [1.29, 1.82) is 0 Å². The summed E-state index contributed by atoms with van der Waals surface area (Å²) < 4.78 is 4.97. The predicted molar refractivity (Wildman–Crippen MR) is 41.3 cm³/mol. The summed E-state index contributed by atoms with van der Waals surface area (Å²) in [6.07, 6.45) is 1.56. The van der Waals surface area contributed by atoms with Gasteiger partial charge in [-0.15, -0.1) is 11.6 Å². The molecule has 0 bridgehead atoms. The molecule has 1 aromatic heterocycles. The Hall–Kier alpha value is -0.960. The van der Waals surface area contributed by atoms with E-state index in [4.69, 9.17) is 16.0 Å². The highest BCUT2D eigenvalue weighted by Crippen LogP contribution is 1.98. The fraction of sp³-hybridized carbons (Fsp3) is 0.286. The van der Waals surface area contributed by atoms with E-state index in [0.29, 0.717) is 6.54 Å². The first kappa shape index (κ1) is 8.14. The third-order valence-electron chi connectivity index (χ3n) is 1.16. The maximum atomic E-state index is 10.6. The molecule has 60 valence electrons. The van der Waals surface area contributed by atoms with Crippen LogP contribution in [0, 0.1) is 0 Å². The van der Waals surface area contributed by atoms with E-state index < -0.39 is 0 Å². The summed E-state index contributed by atoms with van der Waals surface area (Å²) in [6, 6.07) is 3.55. The molecule has 1 N–H and O–H groups in total. The highest BCUT2D eigenvalue weighted by Gasteiger charge is 1.98. The molecule has 0 atom stereocenters. The minimum absolute atomic E-state index is 0.0132. The number of furan rings is 1. The number of rotatable bonds is 3. The van der Waals surface area contributed by atoms with E-state index in [1.54, 1.807) is 18.4 Å². The van der Waals surface area contributed by atoms with Crippen molar-refractivity contribution in [2.45, 2.75) is 6.54 Å². The fourth-order valence-corrected chi connectivity index (χ4v) is 0.741. The molecule has 4 heteroatoms. The second-order valence-electron chi connectivity index (χ2n) is 1.99. The Morgan fingerprint density at radius 3 is 3.09 bits per heavy atom. The van der Waals surface area contributed by atoms with Crippen molar-refractivity contribution in [2.75, 3.05) is 5.88 Å². The zero-order valence-corrected chi connectivity index (χ0v) is 6.60. The molecule has 11 heavy (non-hydrogen) atoms. The Morgan fingerprint density at radius 1 is 1.73 bits per heavy atom. The molecule has 0 aromatic carbocycles. The molecule has 0 saturated carbocycles. The highest BCUT2D eigenvalue weighted by molar-refractivity contribution is 6.27. The molecule has 0 aliphatic carbocycles. The second-order valence-corrected chi connectivity index (χ2v) is 2.26. The summed E-state index contributed by atoms with van der Waals surface area (Å²) in [7, 11) is 0. The lowest BCUT2D eigenvalue weighted by Gasteiger charge is -1.97. The minimum Gasteiger partial charge on any atom is -0.467 e. The summed E-state index contributed by atoms with van der Waals surface area (Å²) in [5.41, 5.74) is 0. The van der Waals surface area contributed by atoms with Gasteiger partial charge >= 0.3 is 0 Å². The number of halogens is 1. The largest absolute Gasteiger partial charge is 0.467 e. The molecule has 0 aliphatic heterocycles. The molecule has 3 nitrogen and oxygen atoms in total. The Balaban J connectivity index is 2.29. The lowest BCUT2D eigenvalue weighted by molar-refractivity contribution is -0.118. The summed E-state index contributed by atoms with van der Waals surface area (Å²) in [6.45, 7) is 0.401. The molecule has 0 unspecified atom stereocenters. The summed E-state index contributed by atoms with van der Waals surface area (Å²) in [4.78, 5) is 10.6. The average molecular weight is 174 g/mol. The molecular weight excluding hydrogens is 166 g/mol. The lowest BCUT2D eigenvalue weighted by atomic mass is 10.4. The molecule has 0 spiro atoms. The minimum atomic E-state index is -0.192. The molecule has 0 saturated heterocycles. The predicted octanol–water partition coefficient (Wildman–Crippen LogP) is 1.13. The van der Waals surface area contributed by atoms with Gasteiger partial charge in [-0.05, 0) is 12.1 Å². The van der Waals surface area contributed by atoms with Crippen molar-refractivity contribution in [1.82, 2.24) is 5.32 Å². The van der Waals surface area contributed by atoms with Crippen molar-refractivity contribution >= 4 is 17.5 Å². The van der Waals surface area contributed by atoms with Crippen LogP contribution in [0.1, 0.15) is 5.76 Å². The Labute approximate surface area is 69.3 Å². The number of carbonyl (C=O) groups excluding carboxylic acids is 1. The molecule has 1 amide bonds. The lowest BCUT2D eigenvalue weighted by Crippen LogP contribution is -2.23. The van der Waals surface area contributed by atoms with Gasteiger partial charge in [0, 0.05) is 0 Å². The van der Waals surface area contributed by atoms with Gasteiger partial charge in [0.05, 0.1) is 12.8 Å². The van der Waals surface area contributed by atoms with E-state index >= 15 is 0 Å². The van der Waals surface area contributed by atoms with Crippen molar-refractivity contribution < 1.29 is 9.21 Å². The van der Waals surface area contributed by atoms with Crippen molar-refractivity contribution in [3.05, 3.63) is 24.2 Å². The Bertz CT molecular complexity index is 220. The maximum absolute atomic E-state index is 10.6. The van der Waals surface area contributed by atoms with Gasteiger partial charge in [-0.2, -0.15) is 0 Å². The van der Waals surface area contributed by atoms with Gasteiger partial charge in [-0.25, -0.2) is 0 Å². The molecule has 1 heterocycles. The van der Waals surface area contributed by atoms with Crippen LogP contribution in [0.5, 0.6) is 0 Å². The molecule has 0 radical (unpaired) electrons. The van der Waals surface area contributed by atoms with E-state index in [2.05, 4.69) is 5.32 Å². The van der Waals surface area contributed by atoms with E-state index in [1.165, 1.54) is 0 Å². The summed E-state index contributed by atoms with van der Waals surface area (Å²) in [5, 5.41) is 2.57. The second kappa shape index (κ2) is 4.03. The number of carbonyl (C=O) groups is 1. The molecule has 0 fully saturated rings. The first-order valence-corrected chi connectivity index (χ1v) is 3.71. The zero-order chi connectivity index (χ0) is 8.10.